The minimum Gasteiger partial charge on any atom is -0.388 e. The van der Waals surface area contributed by atoms with Gasteiger partial charge in [0.15, 0.2) is 0 Å². The second kappa shape index (κ2) is 5.78. The average molecular weight is 288 g/mol. The van der Waals surface area contributed by atoms with Gasteiger partial charge in [0.2, 0.25) is 5.91 Å². The first-order valence-corrected chi connectivity index (χ1v) is 7.88. The number of carbonyl (C=O) groups is 1. The average Bonchev–Trinajstić information content (AvgIpc) is 2.92. The Morgan fingerprint density at radius 2 is 2.10 bits per heavy atom. The molecule has 2 aliphatic rings. The van der Waals surface area contributed by atoms with Crippen LogP contribution in [0.25, 0.3) is 0 Å². The van der Waals surface area contributed by atoms with E-state index in [4.69, 9.17) is 0 Å². The standard InChI is InChI=1S/C17H24N2O2/c1-19(12-17(21)9-4-5-10-17)16(20)15-14-7-3-2-6-13(14)8-11-18-15/h2-3,6-7,15,18,21H,4-5,8-12H2,1H3. The summed E-state index contributed by atoms with van der Waals surface area (Å²) in [7, 11) is 1.80. The molecule has 1 amide bonds. The number of likely N-dealkylation sites (N-methyl/N-ethyl adjacent to an activating group) is 1. The van der Waals surface area contributed by atoms with Crippen LogP contribution < -0.4 is 5.32 Å². The van der Waals surface area contributed by atoms with Gasteiger partial charge in [0.1, 0.15) is 6.04 Å². The van der Waals surface area contributed by atoms with Crippen LogP contribution in [0.4, 0.5) is 0 Å². The summed E-state index contributed by atoms with van der Waals surface area (Å²) in [5, 5.41) is 13.8. The predicted octanol–water partition coefficient (Wildman–Crippen LogP) is 1.64. The van der Waals surface area contributed by atoms with Crippen LogP contribution in [0, 0.1) is 0 Å². The number of aliphatic hydroxyl groups is 1. The van der Waals surface area contributed by atoms with Crippen molar-refractivity contribution in [3.8, 4) is 0 Å². The first-order valence-electron chi connectivity index (χ1n) is 7.88. The maximum Gasteiger partial charge on any atom is 0.244 e. The molecule has 1 fully saturated rings. The molecule has 0 saturated heterocycles. The number of rotatable bonds is 3. The number of hydrogen-bond donors (Lipinski definition) is 2. The Morgan fingerprint density at radius 1 is 1.38 bits per heavy atom. The number of hydrogen-bond acceptors (Lipinski definition) is 3. The van der Waals surface area contributed by atoms with E-state index in [0.717, 1.165) is 44.2 Å². The van der Waals surface area contributed by atoms with Gasteiger partial charge in [-0.15, -0.1) is 0 Å². The molecular formula is C17H24N2O2. The molecule has 21 heavy (non-hydrogen) atoms. The van der Waals surface area contributed by atoms with Gasteiger partial charge >= 0.3 is 0 Å². The van der Waals surface area contributed by atoms with Crippen molar-refractivity contribution in [1.82, 2.24) is 10.2 Å². The number of benzene rings is 1. The van der Waals surface area contributed by atoms with Crippen LogP contribution in [0.15, 0.2) is 24.3 Å². The number of carbonyl (C=O) groups excluding carboxylic acids is 1. The van der Waals surface area contributed by atoms with E-state index in [0.29, 0.717) is 6.54 Å². The van der Waals surface area contributed by atoms with Gasteiger partial charge in [0, 0.05) is 20.1 Å². The first-order chi connectivity index (χ1) is 10.1. The highest BCUT2D eigenvalue weighted by Crippen LogP contribution is 2.31. The number of fused-ring (bicyclic) bond motifs is 1. The van der Waals surface area contributed by atoms with Gasteiger partial charge in [0.25, 0.3) is 0 Å². The lowest BCUT2D eigenvalue weighted by atomic mass is 9.93. The third-order valence-corrected chi connectivity index (χ3v) is 4.80. The largest absolute Gasteiger partial charge is 0.388 e. The third-order valence-electron chi connectivity index (χ3n) is 4.80. The Balaban J connectivity index is 1.73. The van der Waals surface area contributed by atoms with Crippen molar-refractivity contribution in [2.45, 2.75) is 43.7 Å². The van der Waals surface area contributed by atoms with Crippen molar-refractivity contribution in [1.29, 1.82) is 0 Å². The van der Waals surface area contributed by atoms with E-state index in [1.54, 1.807) is 11.9 Å². The molecule has 0 aromatic heterocycles. The molecule has 0 spiro atoms. The summed E-state index contributed by atoms with van der Waals surface area (Å²) in [6.45, 7) is 1.26. The zero-order chi connectivity index (χ0) is 14.9. The highest BCUT2D eigenvalue weighted by molar-refractivity contribution is 5.84. The SMILES string of the molecule is CN(CC1(O)CCCC1)C(=O)C1NCCc2ccccc21. The molecule has 1 heterocycles. The summed E-state index contributed by atoms with van der Waals surface area (Å²) in [6.07, 6.45) is 4.69. The number of nitrogens with zero attached hydrogens (tertiary/aromatic N) is 1. The normalized spacial score (nSPS) is 23.6. The molecule has 1 aromatic rings. The molecule has 3 rings (SSSR count). The fourth-order valence-corrected chi connectivity index (χ4v) is 3.66. The second-order valence-electron chi connectivity index (χ2n) is 6.46. The predicted molar refractivity (Wildman–Crippen MR) is 81.9 cm³/mol. The van der Waals surface area contributed by atoms with Crippen LogP contribution >= 0.6 is 0 Å². The van der Waals surface area contributed by atoms with Crippen molar-refractivity contribution in [3.05, 3.63) is 35.4 Å². The van der Waals surface area contributed by atoms with Gasteiger partial charge in [-0.05, 0) is 30.4 Å². The van der Waals surface area contributed by atoms with Gasteiger partial charge in [-0.1, -0.05) is 37.1 Å². The van der Waals surface area contributed by atoms with Gasteiger partial charge < -0.3 is 15.3 Å². The molecule has 2 N–H and O–H groups in total. The second-order valence-corrected chi connectivity index (χ2v) is 6.46. The van der Waals surface area contributed by atoms with Crippen LogP contribution in [0.5, 0.6) is 0 Å². The molecule has 0 bridgehead atoms. The van der Waals surface area contributed by atoms with Crippen molar-refractivity contribution in [2.75, 3.05) is 20.1 Å². The highest BCUT2D eigenvalue weighted by Gasteiger charge is 2.36. The van der Waals surface area contributed by atoms with E-state index in [1.807, 2.05) is 18.2 Å². The van der Waals surface area contributed by atoms with Crippen LogP contribution in [-0.4, -0.2) is 41.7 Å². The molecule has 1 atom stereocenters. The minimum absolute atomic E-state index is 0.0578. The minimum atomic E-state index is -0.682. The summed E-state index contributed by atoms with van der Waals surface area (Å²) in [4.78, 5) is 14.4. The third kappa shape index (κ3) is 2.97. The van der Waals surface area contributed by atoms with Crippen molar-refractivity contribution in [3.63, 3.8) is 0 Å². The van der Waals surface area contributed by atoms with Gasteiger partial charge in [-0.25, -0.2) is 0 Å². The smallest absolute Gasteiger partial charge is 0.244 e. The molecule has 4 heteroatoms. The van der Waals surface area contributed by atoms with Gasteiger partial charge in [-0.3, -0.25) is 4.79 Å². The van der Waals surface area contributed by atoms with Crippen LogP contribution in [0.3, 0.4) is 0 Å². The van der Waals surface area contributed by atoms with Crippen molar-refractivity contribution in [2.24, 2.45) is 0 Å². The lowest BCUT2D eigenvalue weighted by Crippen LogP contribution is -2.47. The summed E-state index contributed by atoms with van der Waals surface area (Å²) in [6, 6.07) is 7.86. The summed E-state index contributed by atoms with van der Waals surface area (Å²) < 4.78 is 0. The van der Waals surface area contributed by atoms with Gasteiger partial charge in [-0.2, -0.15) is 0 Å². The van der Waals surface area contributed by atoms with Crippen LogP contribution in [0.2, 0.25) is 0 Å². The Labute approximate surface area is 126 Å². The molecular weight excluding hydrogens is 264 g/mol. The van der Waals surface area contributed by atoms with Gasteiger partial charge in [0.05, 0.1) is 5.60 Å². The van der Waals surface area contributed by atoms with Crippen LogP contribution in [-0.2, 0) is 11.2 Å². The molecule has 0 radical (unpaired) electrons. The summed E-state index contributed by atoms with van der Waals surface area (Å²) >= 11 is 0. The van der Waals surface area contributed by atoms with E-state index in [2.05, 4.69) is 11.4 Å². The summed E-state index contributed by atoms with van der Waals surface area (Å²) in [5.74, 6) is 0.0578. The van der Waals surface area contributed by atoms with E-state index >= 15 is 0 Å². The monoisotopic (exact) mass is 288 g/mol. The Kier molecular flexibility index (Phi) is 4.00. The molecule has 1 saturated carbocycles. The fraction of sp³-hybridized carbons (Fsp3) is 0.588. The van der Waals surface area contributed by atoms with E-state index < -0.39 is 5.60 Å². The Bertz CT molecular complexity index is 523. The molecule has 1 aromatic carbocycles. The molecule has 1 aliphatic carbocycles. The maximum atomic E-state index is 12.7. The molecule has 4 nitrogen and oxygen atoms in total. The van der Waals surface area contributed by atoms with Crippen molar-refractivity contribution >= 4 is 5.91 Å². The van der Waals surface area contributed by atoms with E-state index in [-0.39, 0.29) is 11.9 Å². The quantitative estimate of drug-likeness (QED) is 0.889. The molecule has 1 aliphatic heterocycles. The zero-order valence-corrected chi connectivity index (χ0v) is 12.6. The molecule has 1 unspecified atom stereocenters. The first kappa shape index (κ1) is 14.5. The number of amides is 1. The molecule has 114 valence electrons. The lowest BCUT2D eigenvalue weighted by Gasteiger charge is -2.33. The van der Waals surface area contributed by atoms with Crippen molar-refractivity contribution < 1.29 is 9.90 Å². The Morgan fingerprint density at radius 3 is 2.86 bits per heavy atom. The topological polar surface area (TPSA) is 52.6 Å². The fourth-order valence-electron chi connectivity index (χ4n) is 3.66. The number of nitrogens with one attached hydrogen (secondary N) is 1. The highest BCUT2D eigenvalue weighted by atomic mass is 16.3. The maximum absolute atomic E-state index is 12.7. The zero-order valence-electron chi connectivity index (χ0n) is 12.6. The lowest BCUT2D eigenvalue weighted by molar-refractivity contribution is -0.135. The Hall–Kier alpha value is -1.39. The van der Waals surface area contributed by atoms with E-state index in [1.165, 1.54) is 5.56 Å². The van der Waals surface area contributed by atoms with Crippen LogP contribution in [0.1, 0.15) is 42.9 Å². The van der Waals surface area contributed by atoms with E-state index in [9.17, 15) is 9.90 Å². The summed E-state index contributed by atoms with van der Waals surface area (Å²) in [5.41, 5.74) is 1.65.